The fourth-order valence-electron chi connectivity index (χ4n) is 5.07. The first-order valence-electron chi connectivity index (χ1n) is 14.0. The van der Waals surface area contributed by atoms with Crippen molar-refractivity contribution in [2.24, 2.45) is 11.8 Å². The van der Waals surface area contributed by atoms with Crippen molar-refractivity contribution in [2.45, 2.75) is 76.0 Å². The van der Waals surface area contributed by atoms with E-state index in [2.05, 4.69) is 4.84 Å². The fourth-order valence-corrected chi connectivity index (χ4v) is 5.07. The molecule has 2 aromatic carbocycles. The Labute approximate surface area is 246 Å². The molecule has 236 valence electrons. The van der Waals surface area contributed by atoms with E-state index in [1.165, 1.54) is 18.2 Å². The topological polar surface area (TPSA) is 149 Å². The number of alkyl halides is 3. The molecule has 1 aliphatic carbocycles. The highest BCUT2D eigenvalue weighted by molar-refractivity contribution is 5.72. The van der Waals surface area contributed by atoms with E-state index < -0.39 is 41.1 Å². The van der Waals surface area contributed by atoms with Crippen LogP contribution in [0.5, 0.6) is 11.5 Å². The molecule has 0 bridgehead atoms. The Morgan fingerprint density at radius 3 is 2.53 bits per heavy atom. The van der Waals surface area contributed by atoms with Crippen LogP contribution in [0.4, 0.5) is 13.2 Å². The van der Waals surface area contributed by atoms with Crippen LogP contribution in [0, 0.1) is 22.0 Å². The van der Waals surface area contributed by atoms with Crippen LogP contribution in [0.3, 0.4) is 0 Å². The van der Waals surface area contributed by atoms with Crippen molar-refractivity contribution in [1.82, 2.24) is 0 Å². The summed E-state index contributed by atoms with van der Waals surface area (Å²) in [5, 5.41) is 40.7. The van der Waals surface area contributed by atoms with Crippen molar-refractivity contribution in [1.29, 1.82) is 0 Å². The highest BCUT2D eigenvalue weighted by Crippen LogP contribution is 2.38. The summed E-state index contributed by atoms with van der Waals surface area (Å²) >= 11 is 0. The van der Waals surface area contributed by atoms with Crippen LogP contribution in [0.1, 0.15) is 56.1 Å². The maximum absolute atomic E-state index is 12.9. The van der Waals surface area contributed by atoms with Crippen molar-refractivity contribution >= 4 is 5.97 Å². The largest absolute Gasteiger partial charge is 0.491 e. The number of aliphatic hydroxyl groups is 3. The number of carbonyl (C=O) groups is 1. The Kier molecular flexibility index (Phi) is 12.8. The second kappa shape index (κ2) is 16.2. The number of nitrogens with zero attached hydrogens (tertiary/aromatic N) is 1. The van der Waals surface area contributed by atoms with Gasteiger partial charge in [-0.05, 0) is 86.3 Å². The number of carbonyl (C=O) groups excluding carboxylic acids is 1. The van der Waals surface area contributed by atoms with Gasteiger partial charge in [-0.3, -0.25) is 4.79 Å². The van der Waals surface area contributed by atoms with Crippen molar-refractivity contribution in [3.8, 4) is 11.5 Å². The number of unbranched alkanes of at least 4 members (excludes halogenated alkanes) is 1. The highest BCUT2D eigenvalue weighted by atomic mass is 19.4. The number of hydrogen-bond acceptors (Lipinski definition) is 9. The van der Waals surface area contributed by atoms with E-state index in [9.17, 15) is 43.4 Å². The van der Waals surface area contributed by atoms with Gasteiger partial charge in [-0.1, -0.05) is 30.4 Å². The molecular formula is C30H36F3NO9. The molecule has 43 heavy (non-hydrogen) atoms. The third-order valence-corrected chi connectivity index (χ3v) is 7.25. The van der Waals surface area contributed by atoms with Crippen LogP contribution in [0.2, 0.25) is 0 Å². The van der Waals surface area contributed by atoms with Gasteiger partial charge in [-0.25, -0.2) is 0 Å². The molecule has 0 saturated heterocycles. The zero-order valence-corrected chi connectivity index (χ0v) is 23.4. The summed E-state index contributed by atoms with van der Waals surface area (Å²) in [7, 11) is 0. The van der Waals surface area contributed by atoms with Gasteiger partial charge in [0.1, 0.15) is 24.7 Å². The summed E-state index contributed by atoms with van der Waals surface area (Å²) in [6.45, 7) is -0.462. The molecule has 0 aliphatic heterocycles. The number of ether oxygens (including phenoxy) is 2. The summed E-state index contributed by atoms with van der Waals surface area (Å²) in [5.41, 5.74) is -0.357. The molecule has 3 rings (SSSR count). The molecule has 0 heterocycles. The number of aliphatic hydroxyl groups excluding tert-OH is 3. The summed E-state index contributed by atoms with van der Waals surface area (Å²) in [6.07, 6.45) is -0.587. The first-order chi connectivity index (χ1) is 20.4. The van der Waals surface area contributed by atoms with Gasteiger partial charge >= 0.3 is 12.1 Å². The van der Waals surface area contributed by atoms with E-state index in [1.807, 2.05) is 12.2 Å². The molecule has 1 fully saturated rings. The normalized spacial score (nSPS) is 21.1. The van der Waals surface area contributed by atoms with Crippen LogP contribution in [0.15, 0.2) is 60.7 Å². The molecule has 5 atom stereocenters. The first-order valence-corrected chi connectivity index (χ1v) is 14.0. The Hall–Kier alpha value is -3.68. The van der Waals surface area contributed by atoms with Gasteiger partial charge in [0.25, 0.3) is 5.09 Å². The molecule has 13 heteroatoms. The zero-order valence-electron chi connectivity index (χ0n) is 23.4. The third kappa shape index (κ3) is 11.5. The predicted octanol–water partition coefficient (Wildman–Crippen LogP) is 5.01. The molecule has 1 saturated carbocycles. The van der Waals surface area contributed by atoms with Gasteiger partial charge in [0.05, 0.1) is 23.9 Å². The predicted molar refractivity (Wildman–Crippen MR) is 147 cm³/mol. The second-order valence-electron chi connectivity index (χ2n) is 10.5. The van der Waals surface area contributed by atoms with E-state index in [1.54, 1.807) is 18.2 Å². The highest BCUT2D eigenvalue weighted by Gasteiger charge is 2.40. The Balaban J connectivity index is 1.37. The third-order valence-electron chi connectivity index (χ3n) is 7.25. The lowest BCUT2D eigenvalue weighted by Crippen LogP contribution is -2.25. The summed E-state index contributed by atoms with van der Waals surface area (Å²) < 4.78 is 49.2. The number of rotatable bonds is 16. The van der Waals surface area contributed by atoms with E-state index in [0.29, 0.717) is 31.2 Å². The molecule has 2 aromatic rings. The van der Waals surface area contributed by atoms with Crippen LogP contribution < -0.4 is 9.47 Å². The van der Waals surface area contributed by atoms with Gasteiger partial charge in [-0.2, -0.15) is 13.2 Å². The van der Waals surface area contributed by atoms with Crippen molar-refractivity contribution in [3.63, 3.8) is 0 Å². The summed E-state index contributed by atoms with van der Waals surface area (Å²) in [6, 6.07) is 10.7. The Morgan fingerprint density at radius 1 is 1.07 bits per heavy atom. The van der Waals surface area contributed by atoms with Gasteiger partial charge in [0, 0.05) is 6.42 Å². The minimum atomic E-state index is -4.50. The smallest absolute Gasteiger partial charge is 0.416 e. The minimum absolute atomic E-state index is 0.00373. The molecule has 1 aliphatic rings. The summed E-state index contributed by atoms with van der Waals surface area (Å²) in [4.78, 5) is 26.8. The molecule has 0 amide bonds. The Morgan fingerprint density at radius 2 is 1.79 bits per heavy atom. The lowest BCUT2D eigenvalue weighted by atomic mass is 9.86. The minimum Gasteiger partial charge on any atom is -0.491 e. The van der Waals surface area contributed by atoms with E-state index in [-0.39, 0.29) is 55.8 Å². The molecule has 0 aromatic heterocycles. The van der Waals surface area contributed by atoms with Crippen molar-refractivity contribution in [3.05, 3.63) is 81.9 Å². The Bertz CT molecular complexity index is 1220. The SMILES string of the molecule is O=C(CCC/C=C\C[C@@H]1[C@@H](CC[C@@H](O)COc2cccc(C(F)(F)F)c2)[C@H](O)C[C@@H]1O)Oc1cccc(CO[N+](=O)[O-])c1. The fraction of sp³-hybridized carbons (Fsp3) is 0.500. The van der Waals surface area contributed by atoms with Gasteiger partial charge < -0.3 is 29.6 Å². The van der Waals surface area contributed by atoms with Gasteiger partial charge in [0.2, 0.25) is 0 Å². The second-order valence-corrected chi connectivity index (χ2v) is 10.5. The van der Waals surface area contributed by atoms with Crippen LogP contribution in [-0.2, 0) is 22.4 Å². The van der Waals surface area contributed by atoms with Crippen LogP contribution in [-0.4, -0.2) is 51.3 Å². The molecule has 0 radical (unpaired) electrons. The van der Waals surface area contributed by atoms with Crippen LogP contribution >= 0.6 is 0 Å². The molecule has 10 nitrogen and oxygen atoms in total. The van der Waals surface area contributed by atoms with E-state index >= 15 is 0 Å². The van der Waals surface area contributed by atoms with E-state index in [0.717, 1.165) is 12.1 Å². The van der Waals surface area contributed by atoms with E-state index in [4.69, 9.17) is 9.47 Å². The number of benzene rings is 2. The van der Waals surface area contributed by atoms with Crippen LogP contribution in [0.25, 0.3) is 0 Å². The number of esters is 1. The lowest BCUT2D eigenvalue weighted by Gasteiger charge is -2.23. The summed E-state index contributed by atoms with van der Waals surface area (Å²) in [5.74, 6) is -0.706. The first kappa shape index (κ1) is 33.8. The molecular weight excluding hydrogens is 575 g/mol. The van der Waals surface area contributed by atoms with Crippen molar-refractivity contribution < 1.29 is 52.7 Å². The molecule has 0 unspecified atom stereocenters. The van der Waals surface area contributed by atoms with Gasteiger partial charge in [-0.15, -0.1) is 10.1 Å². The molecule has 3 N–H and O–H groups in total. The average Bonchev–Trinajstić information content (AvgIpc) is 3.22. The lowest BCUT2D eigenvalue weighted by molar-refractivity contribution is -0.763. The number of hydrogen-bond donors (Lipinski definition) is 3. The number of allylic oxidation sites excluding steroid dienone is 2. The standard InChI is InChI=1S/C30H36F3NO9/c31-30(32,33)21-8-6-9-23(16-21)41-19-22(35)13-14-26-25(27(36)17-28(26)37)11-3-1-2-4-12-29(38)43-24-10-5-7-20(15-24)18-42-34(39)40/h1,3,5-10,15-16,22,25-28,35-37H,2,4,11-14,17-19H2/b3-1-/t22-,25-,26-,27+,28-/m1/s1. The quantitative estimate of drug-likeness (QED) is 0.0595. The van der Waals surface area contributed by atoms with Gasteiger partial charge in [0.15, 0.2) is 0 Å². The maximum atomic E-state index is 12.9. The monoisotopic (exact) mass is 611 g/mol. The number of halogens is 3. The maximum Gasteiger partial charge on any atom is 0.416 e. The zero-order chi connectivity index (χ0) is 31.4. The average molecular weight is 612 g/mol. The van der Waals surface area contributed by atoms with Crippen molar-refractivity contribution in [2.75, 3.05) is 6.61 Å². The molecule has 0 spiro atoms.